The fraction of sp³-hybridized carbons (Fsp3) is 0.300. The highest BCUT2D eigenvalue weighted by atomic mass is 35.5. The van der Waals surface area contributed by atoms with Crippen LogP contribution in [0, 0.1) is 0 Å². The normalized spacial score (nSPS) is 10.8. The Morgan fingerprint density at radius 2 is 1.07 bits per heavy atom. The zero-order valence-corrected chi connectivity index (χ0v) is 18.4. The summed E-state index contributed by atoms with van der Waals surface area (Å²) in [7, 11) is -1.21. The zero-order chi connectivity index (χ0) is 22.1. The van der Waals surface area contributed by atoms with Gasteiger partial charge in [-0.25, -0.2) is 0 Å². The second-order valence-corrected chi connectivity index (χ2v) is 8.99. The maximum atomic E-state index is 12.1. The Bertz CT molecular complexity index is 806. The molecule has 10 heteroatoms. The highest BCUT2D eigenvalue weighted by molar-refractivity contribution is 7.84. The van der Waals surface area contributed by atoms with E-state index in [1.165, 1.54) is 24.3 Å². The number of carbonyl (C=O) groups excluding carboxylic acids is 2. The minimum Gasteiger partial charge on any atom is -0.281 e. The van der Waals surface area contributed by atoms with Crippen molar-refractivity contribution in [3.63, 3.8) is 0 Å². The van der Waals surface area contributed by atoms with E-state index in [1.54, 1.807) is 24.3 Å². The van der Waals surface area contributed by atoms with Crippen LogP contribution in [0.25, 0.3) is 0 Å². The molecule has 0 aliphatic carbocycles. The van der Waals surface area contributed by atoms with Crippen molar-refractivity contribution in [1.29, 1.82) is 0 Å². The van der Waals surface area contributed by atoms with Crippen molar-refractivity contribution >= 4 is 57.2 Å². The first-order valence-corrected chi connectivity index (χ1v) is 11.4. The molecule has 0 bridgehead atoms. The number of hydrogen-bond acceptors (Lipinski definition) is 5. The number of hydrogen-bond donors (Lipinski definition) is 2. The molecule has 0 radical (unpaired) electrons. The van der Waals surface area contributed by atoms with E-state index in [1.807, 2.05) is 0 Å². The van der Waals surface area contributed by atoms with Crippen LogP contribution in [0.4, 0.5) is 11.4 Å². The molecule has 2 rings (SSSR count). The fourth-order valence-corrected chi connectivity index (χ4v) is 3.92. The Morgan fingerprint density at radius 1 is 0.733 bits per heavy atom. The van der Waals surface area contributed by atoms with Crippen molar-refractivity contribution in [2.75, 3.05) is 21.6 Å². The quantitative estimate of drug-likeness (QED) is 0.393. The Kier molecular flexibility index (Phi) is 9.74. The first-order valence-electron chi connectivity index (χ1n) is 9.17. The van der Waals surface area contributed by atoms with E-state index in [-0.39, 0.29) is 24.3 Å². The molecule has 0 aromatic heterocycles. The standard InChI is InChI=1S/C20H22Cl2N2O5S/c21-15-5-9-17(10-6-15)23(27)19(25)3-1-13-30(29)14-2-4-20(26)24(28)18-11-7-16(22)8-12-18/h5-12,27-28H,1-4,13-14H2. The zero-order valence-electron chi connectivity index (χ0n) is 16.0. The lowest BCUT2D eigenvalue weighted by molar-refractivity contribution is -0.124. The molecule has 2 N–H and O–H groups in total. The van der Waals surface area contributed by atoms with Gasteiger partial charge in [-0.1, -0.05) is 23.2 Å². The maximum Gasteiger partial charge on any atom is 0.250 e. The van der Waals surface area contributed by atoms with Gasteiger partial charge in [0, 0.05) is 45.2 Å². The van der Waals surface area contributed by atoms with Gasteiger partial charge in [0.05, 0.1) is 11.4 Å². The molecule has 0 saturated carbocycles. The highest BCUT2D eigenvalue weighted by Crippen LogP contribution is 2.19. The average molecular weight is 473 g/mol. The van der Waals surface area contributed by atoms with Gasteiger partial charge in [0.15, 0.2) is 0 Å². The maximum absolute atomic E-state index is 12.1. The molecule has 0 aliphatic heterocycles. The number of carbonyl (C=O) groups is 2. The van der Waals surface area contributed by atoms with E-state index < -0.39 is 22.6 Å². The molecular weight excluding hydrogens is 451 g/mol. The Hall–Kier alpha value is -1.97. The first kappa shape index (κ1) is 24.3. The van der Waals surface area contributed by atoms with E-state index in [9.17, 15) is 24.2 Å². The molecule has 30 heavy (non-hydrogen) atoms. The topological polar surface area (TPSA) is 98.2 Å². The van der Waals surface area contributed by atoms with Crippen LogP contribution in [0.1, 0.15) is 25.7 Å². The van der Waals surface area contributed by atoms with E-state index in [2.05, 4.69) is 0 Å². The van der Waals surface area contributed by atoms with Crippen LogP contribution in [0.5, 0.6) is 0 Å². The lowest BCUT2D eigenvalue weighted by Crippen LogP contribution is -2.27. The number of hydroxylamine groups is 2. The molecule has 2 aromatic rings. The third-order valence-electron chi connectivity index (χ3n) is 4.14. The largest absolute Gasteiger partial charge is 0.281 e. The van der Waals surface area contributed by atoms with Crippen LogP contribution >= 0.6 is 23.2 Å². The molecule has 0 heterocycles. The Morgan fingerprint density at radius 3 is 1.40 bits per heavy atom. The molecule has 162 valence electrons. The number of nitrogens with zero attached hydrogens (tertiary/aromatic N) is 2. The summed E-state index contributed by atoms with van der Waals surface area (Å²) in [4.78, 5) is 24.0. The Labute approximate surface area is 187 Å². The average Bonchev–Trinajstić information content (AvgIpc) is 2.73. The van der Waals surface area contributed by atoms with E-state index in [4.69, 9.17) is 23.2 Å². The van der Waals surface area contributed by atoms with Gasteiger partial charge >= 0.3 is 0 Å². The van der Waals surface area contributed by atoms with Crippen molar-refractivity contribution < 1.29 is 24.2 Å². The third kappa shape index (κ3) is 7.70. The molecular formula is C20H22Cl2N2O5S. The summed E-state index contributed by atoms with van der Waals surface area (Å²) in [6.07, 6.45) is 0.734. The predicted octanol–water partition coefficient (Wildman–Crippen LogP) is 4.45. The Balaban J connectivity index is 1.66. The van der Waals surface area contributed by atoms with Crippen LogP contribution < -0.4 is 10.1 Å². The van der Waals surface area contributed by atoms with Crippen LogP contribution in [-0.4, -0.2) is 37.9 Å². The fourth-order valence-electron chi connectivity index (χ4n) is 2.54. The summed E-state index contributed by atoms with van der Waals surface area (Å²) in [5.41, 5.74) is 0.608. The van der Waals surface area contributed by atoms with Gasteiger partial charge in [0.1, 0.15) is 0 Å². The summed E-state index contributed by atoms with van der Waals surface area (Å²) >= 11 is 11.5. The SMILES string of the molecule is O=C(CCCS(=O)CCCC(=O)N(O)c1ccc(Cl)cc1)N(O)c1ccc(Cl)cc1. The van der Waals surface area contributed by atoms with Crippen molar-refractivity contribution in [2.45, 2.75) is 25.7 Å². The van der Waals surface area contributed by atoms with Gasteiger partial charge in [-0.3, -0.25) is 24.2 Å². The van der Waals surface area contributed by atoms with Gasteiger partial charge in [-0.05, 0) is 61.4 Å². The van der Waals surface area contributed by atoms with Gasteiger partial charge in [-0.15, -0.1) is 0 Å². The summed E-state index contributed by atoms with van der Waals surface area (Å²) in [6, 6.07) is 12.3. The number of halogens is 2. The van der Waals surface area contributed by atoms with E-state index >= 15 is 0 Å². The smallest absolute Gasteiger partial charge is 0.250 e. The monoisotopic (exact) mass is 472 g/mol. The minimum absolute atomic E-state index is 0.0325. The number of benzene rings is 2. The molecule has 2 aromatic carbocycles. The summed E-state index contributed by atoms with van der Waals surface area (Å²) in [6.45, 7) is 0. The number of anilines is 2. The van der Waals surface area contributed by atoms with Crippen molar-refractivity contribution in [1.82, 2.24) is 0 Å². The van der Waals surface area contributed by atoms with Crippen LogP contribution in [0.15, 0.2) is 48.5 Å². The van der Waals surface area contributed by atoms with Gasteiger partial charge in [0.25, 0.3) is 11.8 Å². The van der Waals surface area contributed by atoms with Gasteiger partial charge < -0.3 is 0 Å². The summed E-state index contributed by atoms with van der Waals surface area (Å²) in [5.74, 6) is -0.477. The van der Waals surface area contributed by atoms with Crippen LogP contribution in [0.2, 0.25) is 10.0 Å². The molecule has 0 spiro atoms. The van der Waals surface area contributed by atoms with Crippen LogP contribution in [0.3, 0.4) is 0 Å². The molecule has 7 nitrogen and oxygen atoms in total. The van der Waals surface area contributed by atoms with Gasteiger partial charge in [-0.2, -0.15) is 10.1 Å². The number of amides is 2. The lowest BCUT2D eigenvalue weighted by atomic mass is 10.2. The molecule has 2 amide bonds. The van der Waals surface area contributed by atoms with Crippen molar-refractivity contribution in [2.24, 2.45) is 0 Å². The van der Waals surface area contributed by atoms with Gasteiger partial charge in [0.2, 0.25) is 0 Å². The predicted molar refractivity (Wildman–Crippen MR) is 118 cm³/mol. The molecule has 0 aliphatic rings. The second-order valence-electron chi connectivity index (χ2n) is 6.42. The minimum atomic E-state index is -1.21. The molecule has 0 fully saturated rings. The first-order chi connectivity index (χ1) is 14.3. The summed E-state index contributed by atoms with van der Waals surface area (Å²) < 4.78 is 12.1. The summed E-state index contributed by atoms with van der Waals surface area (Å²) in [5, 5.41) is 21.9. The lowest BCUT2D eigenvalue weighted by Gasteiger charge is -2.15. The van der Waals surface area contributed by atoms with E-state index in [0.717, 1.165) is 0 Å². The molecule has 0 unspecified atom stereocenters. The van der Waals surface area contributed by atoms with Crippen LogP contribution in [-0.2, 0) is 20.4 Å². The molecule has 0 atom stereocenters. The second kappa shape index (κ2) is 12.0. The number of rotatable bonds is 10. The third-order valence-corrected chi connectivity index (χ3v) is 6.13. The van der Waals surface area contributed by atoms with Crippen molar-refractivity contribution in [3.8, 4) is 0 Å². The van der Waals surface area contributed by atoms with E-state index in [0.29, 0.717) is 44.4 Å². The highest BCUT2D eigenvalue weighted by Gasteiger charge is 2.15. The van der Waals surface area contributed by atoms with Crippen molar-refractivity contribution in [3.05, 3.63) is 58.6 Å². The molecule has 0 saturated heterocycles.